The molecule has 1 radical (unpaired) electrons. The summed E-state index contributed by atoms with van der Waals surface area (Å²) < 4.78 is 27.0. The molecule has 0 spiro atoms. The van der Waals surface area contributed by atoms with E-state index >= 15 is 0 Å². The van der Waals surface area contributed by atoms with Crippen LogP contribution in [0.25, 0.3) is 43.7 Å². The SMILES string of the molecule is CC(C)(C)c1ccc2oc(-c3ccc(-c4nc5cc(C(C)(C)C)ccc5o4)s3)nc2c1.Oc1ccccc1C=NCCCCCCN=Cc1ccccc1O.[3H][B]B=O.[Zn]. The Bertz CT molecular complexity index is 2340. The van der Waals surface area contributed by atoms with E-state index in [1.165, 1.54) is 11.1 Å². The first-order valence-corrected chi connectivity index (χ1v) is 20.2. The van der Waals surface area contributed by atoms with E-state index in [1.54, 1.807) is 48.0 Å². The van der Waals surface area contributed by atoms with Gasteiger partial charge in [-0.25, -0.2) is 9.97 Å². The van der Waals surface area contributed by atoms with Gasteiger partial charge in [0, 0.05) is 56.1 Å². The van der Waals surface area contributed by atoms with Crippen molar-refractivity contribution in [2.45, 2.75) is 78.1 Å². The zero-order valence-electron chi connectivity index (χ0n) is 35.8. The first-order chi connectivity index (χ1) is 28.3. The molecular weight excluding hydrogens is 808 g/mol. The van der Waals surface area contributed by atoms with E-state index in [0.29, 0.717) is 26.5 Å². The van der Waals surface area contributed by atoms with Crippen LogP contribution in [-0.2, 0) is 35.0 Å². The van der Waals surface area contributed by atoms with Gasteiger partial charge in [0.1, 0.15) is 22.5 Å². The van der Waals surface area contributed by atoms with Crippen molar-refractivity contribution in [1.82, 2.24) is 9.97 Å². The number of oxazole rings is 2. The van der Waals surface area contributed by atoms with Crippen LogP contribution in [0.15, 0.2) is 116 Å². The summed E-state index contributed by atoms with van der Waals surface area (Å²) in [6.45, 7) is 14.7. The summed E-state index contributed by atoms with van der Waals surface area (Å²) in [6.07, 6.45) is 7.76. The quantitative estimate of drug-likeness (QED) is 0.0709. The Morgan fingerprint density at radius 1 is 0.678 bits per heavy atom. The van der Waals surface area contributed by atoms with Gasteiger partial charge in [0.15, 0.2) is 11.2 Å². The number of unbranched alkanes of at least 4 members (excludes halogenated alkanes) is 3. The zero-order chi connectivity index (χ0) is 42.4. The van der Waals surface area contributed by atoms with Gasteiger partial charge in [0.25, 0.3) is 0 Å². The molecule has 7 rings (SSSR count). The van der Waals surface area contributed by atoms with Crippen LogP contribution in [0.2, 0.25) is 0 Å². The van der Waals surface area contributed by atoms with Gasteiger partial charge in [-0.3, -0.25) is 9.98 Å². The maximum absolute atomic E-state index is 9.61. The van der Waals surface area contributed by atoms with E-state index in [9.17, 15) is 10.2 Å². The Hall–Kier alpha value is -4.99. The standard InChI is InChI=1S/C26H26N2O2S.C20H24N2O2.B2HO.Zn/c1-25(2,3)15-7-9-19-17(13-15)27-23(29-19)21-11-12-22(31-21)24-28-18-14-16(26(4,5)6)8-10-20(18)30-24;23-19-11-5-3-9-17(19)15-21-13-7-1-2-8-14-22-16-18-10-4-6-12-20(18)24;1-2-3;/h7-14H,1-6H3;3-6,9-12,15-16,23-24H,1-2,7-8,13-14H2;1H;/i;;1T;. The third kappa shape index (κ3) is 13.5. The third-order valence-electron chi connectivity index (χ3n) is 9.19. The molecular formula is C46H51B2N4O5SZn. The molecule has 0 bridgehead atoms. The fourth-order valence-electron chi connectivity index (χ4n) is 5.85. The molecule has 0 amide bonds. The Labute approximate surface area is 366 Å². The van der Waals surface area contributed by atoms with Crippen LogP contribution in [-0.4, -0.2) is 61.8 Å². The molecule has 0 fully saturated rings. The first-order valence-electron chi connectivity index (χ1n) is 20.0. The van der Waals surface area contributed by atoms with Gasteiger partial charge in [-0.05, 0) is 95.5 Å². The molecule has 13 heteroatoms. The molecule has 3 aromatic heterocycles. The largest absolute Gasteiger partial charge is 0 e. The predicted molar refractivity (Wildman–Crippen MR) is 241 cm³/mol. The molecule has 0 aliphatic rings. The van der Waals surface area contributed by atoms with Crippen LogP contribution in [0.3, 0.4) is 0 Å². The predicted octanol–water partition coefficient (Wildman–Crippen LogP) is 11.0. The van der Waals surface area contributed by atoms with Gasteiger partial charge in [-0.2, -0.15) is 0 Å². The van der Waals surface area contributed by atoms with Crippen molar-refractivity contribution >= 4 is 60.7 Å². The minimum atomic E-state index is 0. The Morgan fingerprint density at radius 2 is 1.08 bits per heavy atom. The number of benzene rings is 4. The number of hydrogen-bond donors (Lipinski definition) is 2. The second-order valence-electron chi connectivity index (χ2n) is 15.8. The maximum Gasteiger partial charge on any atom is 0 e. The van der Waals surface area contributed by atoms with Crippen LogP contribution in [0.1, 0.15) is 89.5 Å². The smallest absolute Gasteiger partial charge is 0 e. The van der Waals surface area contributed by atoms with E-state index < -0.39 is 0 Å². The van der Waals surface area contributed by atoms with Crippen LogP contribution in [0, 0.1) is 0 Å². The molecule has 2 N–H and O–H groups in total. The van der Waals surface area contributed by atoms with E-state index in [0.717, 1.165) is 81.9 Å². The van der Waals surface area contributed by atoms with E-state index in [1.807, 2.05) is 48.5 Å². The number of hydrogen-bond acceptors (Lipinski definition) is 10. The summed E-state index contributed by atoms with van der Waals surface area (Å²) in [7, 11) is 1.11. The molecule has 4 aromatic carbocycles. The van der Waals surface area contributed by atoms with Crippen LogP contribution < -0.4 is 0 Å². The third-order valence-corrected chi connectivity index (χ3v) is 10.3. The average molecular weight is 861 g/mol. The van der Waals surface area contributed by atoms with Crippen LogP contribution >= 0.6 is 11.3 Å². The number of aromatic hydroxyl groups is 2. The molecule has 3 heterocycles. The number of thiophene rings is 1. The number of phenolic OH excluding ortho intramolecular Hbond substituents is 2. The second kappa shape index (κ2) is 21.9. The average Bonchev–Trinajstić information content (AvgIpc) is 3.98. The van der Waals surface area contributed by atoms with Gasteiger partial charge in [-0.15, -0.1) is 11.3 Å². The Morgan fingerprint density at radius 3 is 1.46 bits per heavy atom. The van der Waals surface area contributed by atoms with Crippen molar-refractivity contribution in [2.75, 3.05) is 13.1 Å². The van der Waals surface area contributed by atoms with Gasteiger partial charge in [-0.1, -0.05) is 90.8 Å². The minimum absolute atomic E-state index is 0. The van der Waals surface area contributed by atoms with Crippen molar-refractivity contribution in [3.8, 4) is 33.0 Å². The molecule has 0 aliphatic heterocycles. The number of aromatic nitrogens is 2. The first kappa shape index (κ1) is 45.1. The van der Waals surface area contributed by atoms with Crippen molar-refractivity contribution in [2.24, 2.45) is 9.98 Å². The molecule has 0 atom stereocenters. The van der Waals surface area contributed by atoms with Crippen molar-refractivity contribution in [3.05, 3.63) is 119 Å². The number of aliphatic imine (C=N–C) groups is 2. The van der Waals surface area contributed by atoms with Crippen molar-refractivity contribution < 1.29 is 43.2 Å². The molecule has 59 heavy (non-hydrogen) atoms. The summed E-state index contributed by atoms with van der Waals surface area (Å²) in [5.41, 5.74) is 7.52. The fraction of sp³-hybridized carbons (Fsp3) is 0.304. The minimum Gasteiger partial charge on any atom is 0 e. The second-order valence-corrected chi connectivity index (χ2v) is 16.9. The normalized spacial score (nSPS) is 11.7. The van der Waals surface area contributed by atoms with Gasteiger partial charge < -0.3 is 19.0 Å². The number of rotatable bonds is 12. The number of nitrogens with zero attached hydrogens (tertiary/aromatic N) is 4. The number of para-hydroxylation sites is 2. The van der Waals surface area contributed by atoms with Gasteiger partial charge >= 0.3 is 20.8 Å². The molecule has 9 nitrogen and oxygen atoms in total. The molecule has 0 aliphatic carbocycles. The van der Waals surface area contributed by atoms with E-state index in [-0.39, 0.29) is 41.8 Å². The summed E-state index contributed by atoms with van der Waals surface area (Å²) in [5, 5.41) is 19.2. The Balaban J connectivity index is 0.000000246. The van der Waals surface area contributed by atoms with Gasteiger partial charge in [0.2, 0.25) is 11.8 Å². The zero-order valence-corrected chi connectivity index (χ0v) is 38.6. The number of fused-ring (bicyclic) bond motifs is 2. The fourth-order valence-corrected chi connectivity index (χ4v) is 6.70. The summed E-state index contributed by atoms with van der Waals surface area (Å²) in [4.78, 5) is 20.1. The Kier molecular flexibility index (Phi) is 16.7. The molecule has 0 saturated carbocycles. The van der Waals surface area contributed by atoms with E-state index in [4.69, 9.17) is 24.8 Å². The van der Waals surface area contributed by atoms with Crippen LogP contribution in [0.5, 0.6) is 11.5 Å². The van der Waals surface area contributed by atoms with Crippen LogP contribution in [0.4, 0.5) is 0 Å². The maximum atomic E-state index is 9.61. The van der Waals surface area contributed by atoms with Gasteiger partial charge in [0.05, 0.1) is 9.75 Å². The molecule has 299 valence electrons. The van der Waals surface area contributed by atoms with Crippen molar-refractivity contribution in [1.29, 1.82) is 1.34 Å². The van der Waals surface area contributed by atoms with Crippen molar-refractivity contribution in [3.63, 3.8) is 0 Å². The topological polar surface area (TPSA) is 134 Å². The molecule has 0 unspecified atom stereocenters. The summed E-state index contributed by atoms with van der Waals surface area (Å²) in [5.74, 6) is 1.79. The number of phenols is 2. The van der Waals surface area contributed by atoms with E-state index in [2.05, 4.69) is 75.8 Å². The molecule has 7 aromatic rings. The molecule has 0 saturated heterocycles. The summed E-state index contributed by atoms with van der Waals surface area (Å²) in [6, 6.07) is 30.9. The monoisotopic (exact) mass is 859 g/mol. The summed E-state index contributed by atoms with van der Waals surface area (Å²) >= 11 is 1.58.